The van der Waals surface area contributed by atoms with Gasteiger partial charge in [-0.05, 0) is 38.1 Å². The van der Waals surface area contributed by atoms with Gasteiger partial charge in [0.2, 0.25) is 0 Å². The molecule has 1 aromatic carbocycles. The standard InChI is InChI=1S/C13H15ClO3/c1-8(16-3)13(2,15)12-7-9-6-10(14)4-5-11(9)17-12/h4-8,15H,1-3H3. The van der Waals surface area contributed by atoms with E-state index in [-0.39, 0.29) is 6.10 Å². The van der Waals surface area contributed by atoms with Gasteiger partial charge in [0.25, 0.3) is 0 Å². The van der Waals surface area contributed by atoms with Gasteiger partial charge in [-0.3, -0.25) is 0 Å². The molecule has 2 atom stereocenters. The van der Waals surface area contributed by atoms with E-state index >= 15 is 0 Å². The topological polar surface area (TPSA) is 42.6 Å². The Morgan fingerprint density at radius 2 is 2.12 bits per heavy atom. The van der Waals surface area contributed by atoms with Crippen LogP contribution in [0.3, 0.4) is 0 Å². The molecule has 0 radical (unpaired) electrons. The van der Waals surface area contributed by atoms with Crippen molar-refractivity contribution in [3.8, 4) is 0 Å². The third-order valence-corrected chi connectivity index (χ3v) is 3.36. The number of furan rings is 1. The maximum atomic E-state index is 10.4. The predicted octanol–water partition coefficient (Wildman–Crippen LogP) is 3.33. The van der Waals surface area contributed by atoms with Gasteiger partial charge < -0.3 is 14.3 Å². The summed E-state index contributed by atoms with van der Waals surface area (Å²) in [6.45, 7) is 3.46. The number of rotatable bonds is 3. The third kappa shape index (κ3) is 2.18. The molecule has 2 rings (SSSR count). The van der Waals surface area contributed by atoms with Gasteiger partial charge in [0, 0.05) is 17.5 Å². The smallest absolute Gasteiger partial charge is 0.145 e. The van der Waals surface area contributed by atoms with Crippen LogP contribution in [0.5, 0.6) is 0 Å². The average molecular weight is 255 g/mol. The van der Waals surface area contributed by atoms with Crippen LogP contribution in [0.25, 0.3) is 11.0 Å². The lowest BCUT2D eigenvalue weighted by atomic mass is 9.97. The Morgan fingerprint density at radius 3 is 2.76 bits per heavy atom. The van der Waals surface area contributed by atoms with E-state index < -0.39 is 5.60 Å². The predicted molar refractivity (Wildman–Crippen MR) is 67.3 cm³/mol. The minimum Gasteiger partial charge on any atom is -0.458 e. The highest BCUT2D eigenvalue weighted by Crippen LogP contribution is 2.32. The fraction of sp³-hybridized carbons (Fsp3) is 0.385. The number of methoxy groups -OCH3 is 1. The number of hydrogen-bond acceptors (Lipinski definition) is 3. The van der Waals surface area contributed by atoms with Crippen molar-refractivity contribution in [2.75, 3.05) is 7.11 Å². The zero-order chi connectivity index (χ0) is 12.6. The van der Waals surface area contributed by atoms with E-state index in [4.69, 9.17) is 20.8 Å². The van der Waals surface area contributed by atoms with E-state index in [1.807, 2.05) is 0 Å². The van der Waals surface area contributed by atoms with Crippen LogP contribution >= 0.6 is 11.6 Å². The first kappa shape index (κ1) is 12.4. The van der Waals surface area contributed by atoms with Crippen molar-refractivity contribution in [1.29, 1.82) is 0 Å². The summed E-state index contributed by atoms with van der Waals surface area (Å²) in [6.07, 6.45) is -0.362. The zero-order valence-electron chi connectivity index (χ0n) is 10.0. The molecule has 0 aliphatic rings. The summed E-state index contributed by atoms with van der Waals surface area (Å²) in [7, 11) is 1.55. The molecule has 0 spiro atoms. The van der Waals surface area contributed by atoms with Gasteiger partial charge in [0.15, 0.2) is 0 Å². The van der Waals surface area contributed by atoms with Crippen molar-refractivity contribution in [3.63, 3.8) is 0 Å². The molecule has 0 bridgehead atoms. The lowest BCUT2D eigenvalue weighted by molar-refractivity contribution is -0.0885. The fourth-order valence-electron chi connectivity index (χ4n) is 1.69. The summed E-state index contributed by atoms with van der Waals surface area (Å²) in [6, 6.07) is 7.13. The van der Waals surface area contributed by atoms with Crippen LogP contribution in [0.1, 0.15) is 19.6 Å². The molecule has 0 saturated carbocycles. The van der Waals surface area contributed by atoms with Crippen LogP contribution in [0.2, 0.25) is 5.02 Å². The van der Waals surface area contributed by atoms with Gasteiger partial charge in [-0.25, -0.2) is 0 Å². The molecule has 1 heterocycles. The molecule has 2 aromatic rings. The molecule has 17 heavy (non-hydrogen) atoms. The van der Waals surface area contributed by atoms with Gasteiger partial charge in [0.1, 0.15) is 16.9 Å². The Morgan fingerprint density at radius 1 is 1.41 bits per heavy atom. The first-order valence-corrected chi connectivity index (χ1v) is 5.77. The summed E-state index contributed by atoms with van der Waals surface area (Å²) in [5.74, 6) is 0.476. The molecule has 2 unspecified atom stereocenters. The Hall–Kier alpha value is -1.03. The van der Waals surface area contributed by atoms with E-state index in [0.717, 1.165) is 5.39 Å². The van der Waals surface area contributed by atoms with Gasteiger partial charge in [0.05, 0.1) is 6.10 Å². The van der Waals surface area contributed by atoms with Crippen molar-refractivity contribution < 1.29 is 14.3 Å². The molecule has 1 N–H and O–H groups in total. The highest BCUT2D eigenvalue weighted by atomic mass is 35.5. The molecule has 0 saturated heterocycles. The van der Waals surface area contributed by atoms with Crippen LogP contribution < -0.4 is 0 Å². The van der Waals surface area contributed by atoms with E-state index in [1.165, 1.54) is 0 Å². The Bertz CT molecular complexity index is 530. The molecule has 0 fully saturated rings. The van der Waals surface area contributed by atoms with Gasteiger partial charge >= 0.3 is 0 Å². The van der Waals surface area contributed by atoms with Gasteiger partial charge in [-0.15, -0.1) is 0 Å². The monoisotopic (exact) mass is 254 g/mol. The number of halogens is 1. The molecule has 92 valence electrons. The number of aliphatic hydroxyl groups is 1. The summed E-state index contributed by atoms with van der Waals surface area (Å²) in [5, 5.41) is 11.9. The number of ether oxygens (including phenoxy) is 1. The van der Waals surface area contributed by atoms with Crippen molar-refractivity contribution in [2.45, 2.75) is 25.6 Å². The summed E-state index contributed by atoms with van der Waals surface area (Å²) < 4.78 is 10.8. The number of hydrogen-bond donors (Lipinski definition) is 1. The highest BCUT2D eigenvalue weighted by molar-refractivity contribution is 6.31. The normalized spacial score (nSPS) is 17.0. The highest BCUT2D eigenvalue weighted by Gasteiger charge is 2.34. The second kappa shape index (κ2) is 4.33. The Labute approximate surface area is 105 Å². The van der Waals surface area contributed by atoms with Gasteiger partial charge in [-0.2, -0.15) is 0 Å². The van der Waals surface area contributed by atoms with E-state index in [9.17, 15) is 5.11 Å². The van der Waals surface area contributed by atoms with Crippen LogP contribution in [0.4, 0.5) is 0 Å². The lowest BCUT2D eigenvalue weighted by Gasteiger charge is -2.26. The first-order chi connectivity index (χ1) is 7.95. The van der Waals surface area contributed by atoms with Crippen molar-refractivity contribution in [2.24, 2.45) is 0 Å². The molecule has 0 amide bonds. The van der Waals surface area contributed by atoms with Crippen LogP contribution in [0.15, 0.2) is 28.7 Å². The van der Waals surface area contributed by atoms with Crippen LogP contribution in [-0.4, -0.2) is 18.3 Å². The first-order valence-electron chi connectivity index (χ1n) is 5.40. The van der Waals surface area contributed by atoms with Crippen LogP contribution in [-0.2, 0) is 10.3 Å². The van der Waals surface area contributed by atoms with Crippen molar-refractivity contribution in [1.82, 2.24) is 0 Å². The van der Waals surface area contributed by atoms with E-state index in [1.54, 1.807) is 45.2 Å². The van der Waals surface area contributed by atoms with Crippen molar-refractivity contribution >= 4 is 22.6 Å². The molecular weight excluding hydrogens is 240 g/mol. The molecule has 0 aliphatic carbocycles. The third-order valence-electron chi connectivity index (χ3n) is 3.12. The summed E-state index contributed by atoms with van der Waals surface area (Å²) >= 11 is 5.90. The zero-order valence-corrected chi connectivity index (χ0v) is 10.8. The second-order valence-corrected chi connectivity index (χ2v) is 4.75. The lowest BCUT2D eigenvalue weighted by Crippen LogP contribution is -2.35. The number of benzene rings is 1. The van der Waals surface area contributed by atoms with Gasteiger partial charge in [-0.1, -0.05) is 11.6 Å². The molecule has 1 aromatic heterocycles. The SMILES string of the molecule is COC(C)C(C)(O)c1cc2cc(Cl)ccc2o1. The summed E-state index contributed by atoms with van der Waals surface area (Å²) in [5.41, 5.74) is -0.465. The molecule has 4 heteroatoms. The Kier molecular flexibility index (Phi) is 3.17. The number of fused-ring (bicyclic) bond motifs is 1. The molecule has 3 nitrogen and oxygen atoms in total. The molecule has 0 aliphatic heterocycles. The summed E-state index contributed by atoms with van der Waals surface area (Å²) in [4.78, 5) is 0. The van der Waals surface area contributed by atoms with Crippen LogP contribution in [0, 0.1) is 0 Å². The average Bonchev–Trinajstić information content (AvgIpc) is 2.71. The minimum atomic E-state index is -1.17. The maximum Gasteiger partial charge on any atom is 0.145 e. The van der Waals surface area contributed by atoms with Crippen molar-refractivity contribution in [3.05, 3.63) is 35.0 Å². The quantitative estimate of drug-likeness (QED) is 0.914. The Balaban J connectivity index is 2.49. The fourth-order valence-corrected chi connectivity index (χ4v) is 1.87. The maximum absolute atomic E-state index is 10.4. The second-order valence-electron chi connectivity index (χ2n) is 4.32. The molecular formula is C13H15ClO3. The largest absolute Gasteiger partial charge is 0.458 e. The van der Waals surface area contributed by atoms with E-state index in [2.05, 4.69) is 0 Å². The minimum absolute atomic E-state index is 0.362. The van der Waals surface area contributed by atoms with E-state index in [0.29, 0.717) is 16.4 Å².